The highest BCUT2D eigenvalue weighted by molar-refractivity contribution is 7.17. The van der Waals surface area contributed by atoms with E-state index in [0.29, 0.717) is 29.9 Å². The monoisotopic (exact) mass is 454 g/mol. The summed E-state index contributed by atoms with van der Waals surface area (Å²) in [4.78, 5) is 55.5. The fourth-order valence-corrected chi connectivity index (χ4v) is 4.98. The van der Waals surface area contributed by atoms with Gasteiger partial charge in [0.05, 0.1) is 5.52 Å². The van der Waals surface area contributed by atoms with Crippen LogP contribution in [0, 0.1) is 0 Å². The minimum absolute atomic E-state index is 0.215. The van der Waals surface area contributed by atoms with Gasteiger partial charge in [-0.3, -0.25) is 19.0 Å². The Morgan fingerprint density at radius 2 is 1.69 bits per heavy atom. The SMILES string of the molecule is CCN(C(=O)Cn1c(=O)n(CC(=O)N2CCCCC2)c(=O)c2sccc21)c1ccccc1. The zero-order chi connectivity index (χ0) is 22.7. The standard InChI is InChI=1S/C23H26N4O4S/c1-2-25(17-9-5-3-6-10-17)20(29)16-26-18-11-14-32-21(18)22(30)27(23(26)31)15-19(28)24-12-7-4-8-13-24/h3,5-6,9-11,14H,2,4,7-8,12-13,15-16H2,1H3. The van der Waals surface area contributed by atoms with Crippen LogP contribution in [0.2, 0.25) is 0 Å². The van der Waals surface area contributed by atoms with Crippen LogP contribution < -0.4 is 16.1 Å². The van der Waals surface area contributed by atoms with Gasteiger partial charge in [0, 0.05) is 25.3 Å². The highest BCUT2D eigenvalue weighted by Gasteiger charge is 2.23. The number of hydrogen-bond donors (Lipinski definition) is 0. The molecule has 0 aliphatic carbocycles. The fraction of sp³-hybridized carbons (Fsp3) is 0.391. The van der Waals surface area contributed by atoms with Gasteiger partial charge in [-0.1, -0.05) is 18.2 Å². The molecule has 1 saturated heterocycles. The minimum Gasteiger partial charge on any atom is -0.341 e. The molecule has 0 atom stereocenters. The van der Waals surface area contributed by atoms with Crippen molar-refractivity contribution in [2.75, 3.05) is 24.5 Å². The first-order valence-electron chi connectivity index (χ1n) is 10.8. The molecule has 0 bridgehead atoms. The van der Waals surface area contributed by atoms with E-state index >= 15 is 0 Å². The number of rotatable bonds is 6. The molecule has 1 aromatic carbocycles. The van der Waals surface area contributed by atoms with Crippen LogP contribution in [0.4, 0.5) is 5.69 Å². The van der Waals surface area contributed by atoms with Crippen LogP contribution in [0.5, 0.6) is 0 Å². The van der Waals surface area contributed by atoms with Crippen molar-refractivity contribution in [3.8, 4) is 0 Å². The molecule has 2 amide bonds. The summed E-state index contributed by atoms with van der Waals surface area (Å²) in [6.45, 7) is 3.07. The largest absolute Gasteiger partial charge is 0.341 e. The Balaban J connectivity index is 1.69. The number of carbonyl (C=O) groups is 2. The molecular weight excluding hydrogens is 428 g/mol. The number of benzene rings is 1. The second kappa shape index (κ2) is 9.52. The van der Waals surface area contributed by atoms with Gasteiger partial charge in [-0.05, 0) is 49.8 Å². The van der Waals surface area contributed by atoms with Crippen molar-refractivity contribution in [1.82, 2.24) is 14.0 Å². The van der Waals surface area contributed by atoms with E-state index in [4.69, 9.17) is 0 Å². The number of likely N-dealkylation sites (N-methyl/N-ethyl adjacent to an activating group) is 1. The second-order valence-corrected chi connectivity index (χ2v) is 8.73. The summed E-state index contributed by atoms with van der Waals surface area (Å²) in [6, 6.07) is 10.9. The van der Waals surface area contributed by atoms with Crippen LogP contribution in [0.3, 0.4) is 0 Å². The van der Waals surface area contributed by atoms with Crippen LogP contribution in [0.15, 0.2) is 51.4 Å². The van der Waals surface area contributed by atoms with Crippen molar-refractivity contribution in [2.45, 2.75) is 39.3 Å². The van der Waals surface area contributed by atoms with Crippen LogP contribution in [0.25, 0.3) is 10.2 Å². The van der Waals surface area contributed by atoms with Gasteiger partial charge in [-0.25, -0.2) is 9.36 Å². The maximum Gasteiger partial charge on any atom is 0.332 e. The number of carbonyl (C=O) groups excluding carboxylic acids is 2. The lowest BCUT2D eigenvalue weighted by molar-refractivity contribution is -0.132. The van der Waals surface area contributed by atoms with Crippen molar-refractivity contribution in [3.05, 3.63) is 62.6 Å². The van der Waals surface area contributed by atoms with E-state index in [9.17, 15) is 19.2 Å². The van der Waals surface area contributed by atoms with Crippen LogP contribution in [-0.4, -0.2) is 45.5 Å². The number of thiophene rings is 1. The van der Waals surface area contributed by atoms with E-state index in [2.05, 4.69) is 0 Å². The summed E-state index contributed by atoms with van der Waals surface area (Å²) in [6.07, 6.45) is 2.93. The molecule has 0 unspecified atom stereocenters. The minimum atomic E-state index is -0.635. The lowest BCUT2D eigenvalue weighted by atomic mass is 10.1. The number of likely N-dealkylation sites (tertiary alicyclic amines) is 1. The number of fused-ring (bicyclic) bond motifs is 1. The van der Waals surface area contributed by atoms with Gasteiger partial charge in [-0.15, -0.1) is 11.3 Å². The van der Waals surface area contributed by atoms with Crippen molar-refractivity contribution >= 4 is 39.1 Å². The van der Waals surface area contributed by atoms with Gasteiger partial charge in [0.15, 0.2) is 0 Å². The molecule has 0 N–H and O–H groups in total. The molecule has 168 valence electrons. The molecule has 0 spiro atoms. The predicted octanol–water partition coefficient (Wildman–Crippen LogP) is 2.29. The molecule has 32 heavy (non-hydrogen) atoms. The number of amides is 2. The van der Waals surface area contributed by atoms with Gasteiger partial charge >= 0.3 is 5.69 Å². The second-order valence-electron chi connectivity index (χ2n) is 7.81. The van der Waals surface area contributed by atoms with Gasteiger partial charge in [0.1, 0.15) is 17.8 Å². The molecule has 1 aliphatic heterocycles. The van der Waals surface area contributed by atoms with Crippen LogP contribution in [0.1, 0.15) is 26.2 Å². The molecule has 9 heteroatoms. The Kier molecular flexibility index (Phi) is 6.55. The number of nitrogens with zero attached hydrogens (tertiary/aromatic N) is 4. The first-order valence-corrected chi connectivity index (χ1v) is 11.7. The summed E-state index contributed by atoms with van der Waals surface area (Å²) >= 11 is 1.21. The van der Waals surface area contributed by atoms with E-state index in [1.54, 1.807) is 21.2 Å². The van der Waals surface area contributed by atoms with E-state index in [0.717, 1.165) is 29.5 Å². The summed E-state index contributed by atoms with van der Waals surface area (Å²) in [5.74, 6) is -0.502. The van der Waals surface area contributed by atoms with Gasteiger partial charge in [0.25, 0.3) is 5.56 Å². The van der Waals surface area contributed by atoms with E-state index in [-0.39, 0.29) is 24.9 Å². The number of aromatic nitrogens is 2. The normalized spacial score (nSPS) is 14.0. The summed E-state index contributed by atoms with van der Waals surface area (Å²) < 4.78 is 2.65. The summed E-state index contributed by atoms with van der Waals surface area (Å²) in [5, 5.41) is 1.72. The van der Waals surface area contributed by atoms with Crippen molar-refractivity contribution in [3.63, 3.8) is 0 Å². The molecule has 8 nitrogen and oxygen atoms in total. The van der Waals surface area contributed by atoms with Crippen molar-refractivity contribution in [2.24, 2.45) is 0 Å². The fourth-order valence-electron chi connectivity index (χ4n) is 4.14. The molecule has 1 aliphatic rings. The number of piperidine rings is 1. The van der Waals surface area contributed by atoms with Crippen molar-refractivity contribution < 1.29 is 9.59 Å². The molecule has 3 heterocycles. The Hall–Kier alpha value is -3.20. The van der Waals surface area contributed by atoms with E-state index < -0.39 is 11.2 Å². The zero-order valence-electron chi connectivity index (χ0n) is 18.0. The molecule has 0 saturated carbocycles. The van der Waals surface area contributed by atoms with E-state index in [1.165, 1.54) is 15.9 Å². The number of hydrogen-bond acceptors (Lipinski definition) is 5. The molecular formula is C23H26N4O4S. The first-order chi connectivity index (χ1) is 15.5. The van der Waals surface area contributed by atoms with Gasteiger partial charge in [-0.2, -0.15) is 0 Å². The third-order valence-electron chi connectivity index (χ3n) is 5.82. The Bertz CT molecular complexity index is 1240. The van der Waals surface area contributed by atoms with Gasteiger partial charge < -0.3 is 9.80 Å². The number of para-hydroxylation sites is 1. The Morgan fingerprint density at radius 3 is 2.38 bits per heavy atom. The third kappa shape index (κ3) is 4.25. The smallest absolute Gasteiger partial charge is 0.332 e. The number of anilines is 1. The van der Waals surface area contributed by atoms with Crippen LogP contribution in [-0.2, 0) is 22.7 Å². The summed E-state index contributed by atoms with van der Waals surface area (Å²) in [7, 11) is 0. The highest BCUT2D eigenvalue weighted by Crippen LogP contribution is 2.18. The molecule has 2 aromatic heterocycles. The predicted molar refractivity (Wildman–Crippen MR) is 125 cm³/mol. The van der Waals surface area contributed by atoms with Gasteiger partial charge in [0.2, 0.25) is 11.8 Å². The van der Waals surface area contributed by atoms with Crippen LogP contribution >= 0.6 is 11.3 Å². The Morgan fingerprint density at radius 1 is 0.969 bits per heavy atom. The average Bonchev–Trinajstić information content (AvgIpc) is 3.31. The highest BCUT2D eigenvalue weighted by atomic mass is 32.1. The maximum atomic E-state index is 13.3. The molecule has 4 rings (SSSR count). The average molecular weight is 455 g/mol. The lowest BCUT2D eigenvalue weighted by Gasteiger charge is -2.27. The van der Waals surface area contributed by atoms with Crippen molar-refractivity contribution in [1.29, 1.82) is 0 Å². The maximum absolute atomic E-state index is 13.3. The lowest BCUT2D eigenvalue weighted by Crippen LogP contribution is -2.47. The zero-order valence-corrected chi connectivity index (χ0v) is 18.8. The van der Waals surface area contributed by atoms with E-state index in [1.807, 2.05) is 37.3 Å². The first kappa shape index (κ1) is 22.0. The molecule has 3 aromatic rings. The molecule has 0 radical (unpaired) electrons. The molecule has 1 fully saturated rings. The Labute approximate surface area is 189 Å². The third-order valence-corrected chi connectivity index (χ3v) is 6.71. The quantitative estimate of drug-likeness (QED) is 0.572. The topological polar surface area (TPSA) is 84.6 Å². The summed E-state index contributed by atoms with van der Waals surface area (Å²) in [5.41, 5.74) is 0.0422.